The van der Waals surface area contributed by atoms with Crippen molar-refractivity contribution < 1.29 is 14.4 Å². The van der Waals surface area contributed by atoms with Crippen molar-refractivity contribution in [3.63, 3.8) is 0 Å². The summed E-state index contributed by atoms with van der Waals surface area (Å²) in [6, 6.07) is 8.68. The highest BCUT2D eigenvalue weighted by Crippen LogP contribution is 2.23. The molecule has 0 aliphatic carbocycles. The molecule has 1 aliphatic rings. The number of rotatable bonds is 5. The zero-order chi connectivity index (χ0) is 22.4. The maximum absolute atomic E-state index is 12.8. The van der Waals surface area contributed by atoms with Crippen molar-refractivity contribution in [1.29, 1.82) is 0 Å². The molecule has 1 saturated heterocycles. The second-order valence-electron chi connectivity index (χ2n) is 7.42. The predicted octanol–water partition coefficient (Wildman–Crippen LogP) is 3.37. The largest absolute Gasteiger partial charge is 0.348 e. The number of hydrogen-bond acceptors (Lipinski definition) is 5. The van der Waals surface area contributed by atoms with E-state index in [0.717, 1.165) is 23.4 Å². The van der Waals surface area contributed by atoms with Crippen molar-refractivity contribution in [3.05, 3.63) is 52.7 Å². The number of hydrogen-bond donors (Lipinski definition) is 2. The van der Waals surface area contributed by atoms with Crippen LogP contribution < -0.4 is 10.6 Å². The van der Waals surface area contributed by atoms with Gasteiger partial charge in [-0.2, -0.15) is 0 Å². The molecule has 0 unspecified atom stereocenters. The fourth-order valence-electron chi connectivity index (χ4n) is 3.45. The molecule has 1 aromatic heterocycles. The van der Waals surface area contributed by atoms with E-state index in [-0.39, 0.29) is 11.8 Å². The Kier molecular flexibility index (Phi) is 7.92. The van der Waals surface area contributed by atoms with Crippen molar-refractivity contribution in [2.45, 2.75) is 24.8 Å². The summed E-state index contributed by atoms with van der Waals surface area (Å²) in [4.78, 5) is 43.3. The molecule has 3 rings (SSSR count). The number of aromatic nitrogens is 1. The van der Waals surface area contributed by atoms with Crippen molar-refractivity contribution in [2.75, 3.05) is 31.2 Å². The second kappa shape index (κ2) is 10.6. The van der Waals surface area contributed by atoms with Crippen LogP contribution in [0, 0.1) is 12.8 Å². The first-order valence-corrected chi connectivity index (χ1v) is 11.6. The number of carbonyl (C=O) groups excluding carboxylic acids is 3. The topological polar surface area (TPSA) is 91.4 Å². The van der Waals surface area contributed by atoms with E-state index in [9.17, 15) is 14.4 Å². The van der Waals surface area contributed by atoms with E-state index < -0.39 is 11.8 Å². The molecule has 2 N–H and O–H groups in total. The average molecular weight is 461 g/mol. The second-order valence-corrected chi connectivity index (χ2v) is 8.65. The van der Waals surface area contributed by atoms with Gasteiger partial charge in [0.25, 0.3) is 5.91 Å². The molecule has 164 valence electrons. The van der Waals surface area contributed by atoms with Gasteiger partial charge in [-0.3, -0.25) is 14.4 Å². The van der Waals surface area contributed by atoms with Crippen LogP contribution in [0.5, 0.6) is 0 Å². The van der Waals surface area contributed by atoms with Gasteiger partial charge in [0.2, 0.25) is 0 Å². The number of nitrogens with zero attached hydrogens (tertiary/aromatic N) is 2. The first kappa shape index (κ1) is 23.1. The number of anilines is 1. The van der Waals surface area contributed by atoms with Gasteiger partial charge in [-0.25, -0.2) is 4.98 Å². The molecule has 0 bridgehead atoms. The molecular formula is C22H25ClN4O3S. The Labute approximate surface area is 190 Å². The zero-order valence-electron chi connectivity index (χ0n) is 17.5. The van der Waals surface area contributed by atoms with E-state index in [4.69, 9.17) is 11.6 Å². The van der Waals surface area contributed by atoms with Crippen molar-refractivity contribution in [2.24, 2.45) is 5.92 Å². The van der Waals surface area contributed by atoms with E-state index in [1.807, 2.05) is 18.1 Å². The Bertz CT molecular complexity index is 977. The molecule has 0 spiro atoms. The van der Waals surface area contributed by atoms with E-state index >= 15 is 0 Å². The number of piperidine rings is 1. The van der Waals surface area contributed by atoms with Gasteiger partial charge in [-0.1, -0.05) is 17.7 Å². The van der Waals surface area contributed by atoms with Gasteiger partial charge >= 0.3 is 11.8 Å². The van der Waals surface area contributed by atoms with Crippen LogP contribution in [0.2, 0.25) is 5.02 Å². The third-order valence-electron chi connectivity index (χ3n) is 5.30. The summed E-state index contributed by atoms with van der Waals surface area (Å²) in [5, 5.41) is 6.50. The molecule has 2 aromatic rings. The molecular weight excluding hydrogens is 436 g/mol. The van der Waals surface area contributed by atoms with Crippen LogP contribution in [0.25, 0.3) is 0 Å². The quantitative estimate of drug-likeness (QED) is 0.527. The lowest BCUT2D eigenvalue weighted by molar-refractivity contribution is -0.136. The predicted molar refractivity (Wildman–Crippen MR) is 122 cm³/mol. The Morgan fingerprint density at radius 3 is 2.65 bits per heavy atom. The number of pyridine rings is 1. The van der Waals surface area contributed by atoms with Crippen molar-refractivity contribution in [1.82, 2.24) is 15.2 Å². The summed E-state index contributed by atoms with van der Waals surface area (Å²) in [5.41, 5.74) is 1.95. The molecule has 31 heavy (non-hydrogen) atoms. The van der Waals surface area contributed by atoms with E-state index in [0.29, 0.717) is 35.9 Å². The Hall–Kier alpha value is -2.58. The van der Waals surface area contributed by atoms with Gasteiger partial charge in [-0.15, -0.1) is 11.8 Å². The summed E-state index contributed by atoms with van der Waals surface area (Å²) < 4.78 is 0. The molecule has 3 amide bonds. The fourth-order valence-corrected chi connectivity index (χ4v) is 4.17. The van der Waals surface area contributed by atoms with E-state index in [1.165, 1.54) is 11.8 Å². The third kappa shape index (κ3) is 5.98. The number of aryl methyl sites for hydroxylation is 1. The molecule has 0 radical (unpaired) electrons. The highest BCUT2D eigenvalue weighted by molar-refractivity contribution is 7.98. The molecule has 2 heterocycles. The maximum atomic E-state index is 12.8. The number of nitrogens with one attached hydrogen (secondary N) is 2. The fraction of sp³-hybridized carbons (Fsp3) is 0.364. The molecule has 1 fully saturated rings. The lowest BCUT2D eigenvalue weighted by Gasteiger charge is -2.32. The number of benzene rings is 1. The van der Waals surface area contributed by atoms with E-state index in [1.54, 1.807) is 36.5 Å². The molecule has 0 atom stereocenters. The van der Waals surface area contributed by atoms with Crippen LogP contribution >= 0.6 is 23.4 Å². The minimum Gasteiger partial charge on any atom is -0.348 e. The summed E-state index contributed by atoms with van der Waals surface area (Å²) in [6.07, 6.45) is 5.10. The summed E-state index contributed by atoms with van der Waals surface area (Å²) in [5.74, 6) is -1.21. The highest BCUT2D eigenvalue weighted by atomic mass is 35.5. The number of thioether (sulfide) groups is 1. The standard InChI is InChI=1S/C22H25ClN4O3S/c1-14-5-6-16(23)12-18(14)26-20(29)19(28)25-13-15-7-10-27(11-8-15)22(30)17-4-3-9-24-21(17)31-2/h3-6,9,12,15H,7-8,10-11,13H2,1-2H3,(H,25,28)(H,26,29). The van der Waals surface area contributed by atoms with Crippen LogP contribution in [0.1, 0.15) is 28.8 Å². The van der Waals surface area contributed by atoms with Gasteiger partial charge < -0.3 is 15.5 Å². The van der Waals surface area contributed by atoms with Crippen LogP contribution in [0.4, 0.5) is 5.69 Å². The first-order chi connectivity index (χ1) is 14.9. The monoisotopic (exact) mass is 460 g/mol. The normalized spacial score (nSPS) is 14.2. The Morgan fingerprint density at radius 1 is 1.19 bits per heavy atom. The molecule has 1 aromatic carbocycles. The smallest absolute Gasteiger partial charge is 0.313 e. The van der Waals surface area contributed by atoms with Gasteiger partial charge in [0.1, 0.15) is 5.03 Å². The molecule has 0 saturated carbocycles. The van der Waals surface area contributed by atoms with Crippen molar-refractivity contribution in [3.8, 4) is 0 Å². The van der Waals surface area contributed by atoms with Crippen LogP contribution in [0.15, 0.2) is 41.6 Å². The third-order valence-corrected chi connectivity index (χ3v) is 6.25. The molecule has 9 heteroatoms. The van der Waals surface area contributed by atoms with Crippen LogP contribution in [-0.2, 0) is 9.59 Å². The number of carbonyl (C=O) groups is 3. The van der Waals surface area contributed by atoms with Crippen LogP contribution in [-0.4, -0.2) is 53.5 Å². The van der Waals surface area contributed by atoms with Gasteiger partial charge in [-0.05, 0) is 61.8 Å². The van der Waals surface area contributed by atoms with Gasteiger partial charge in [0.15, 0.2) is 0 Å². The van der Waals surface area contributed by atoms with Gasteiger partial charge in [0, 0.05) is 36.5 Å². The van der Waals surface area contributed by atoms with Crippen LogP contribution in [0.3, 0.4) is 0 Å². The highest BCUT2D eigenvalue weighted by Gasteiger charge is 2.26. The first-order valence-electron chi connectivity index (χ1n) is 10.0. The Morgan fingerprint density at radius 2 is 1.94 bits per heavy atom. The molecule has 1 aliphatic heterocycles. The molecule has 7 nitrogen and oxygen atoms in total. The maximum Gasteiger partial charge on any atom is 0.313 e. The van der Waals surface area contributed by atoms with Crippen molar-refractivity contribution >= 4 is 46.8 Å². The van der Waals surface area contributed by atoms with E-state index in [2.05, 4.69) is 15.6 Å². The Balaban J connectivity index is 1.46. The summed E-state index contributed by atoms with van der Waals surface area (Å²) >= 11 is 7.40. The zero-order valence-corrected chi connectivity index (χ0v) is 19.1. The minimum absolute atomic E-state index is 0.0174. The summed E-state index contributed by atoms with van der Waals surface area (Å²) in [6.45, 7) is 3.43. The number of amides is 3. The average Bonchev–Trinajstić information content (AvgIpc) is 2.79. The number of likely N-dealkylation sites (tertiary alicyclic amines) is 1. The lowest BCUT2D eigenvalue weighted by Crippen LogP contribution is -2.43. The lowest BCUT2D eigenvalue weighted by atomic mass is 9.96. The minimum atomic E-state index is -0.723. The van der Waals surface area contributed by atoms with Gasteiger partial charge in [0.05, 0.1) is 5.56 Å². The summed E-state index contributed by atoms with van der Waals surface area (Å²) in [7, 11) is 0. The number of halogens is 1. The SMILES string of the molecule is CSc1ncccc1C(=O)N1CCC(CNC(=O)C(=O)Nc2cc(Cl)ccc2C)CC1.